The minimum Gasteiger partial charge on any atom is -0.491 e. The highest BCUT2D eigenvalue weighted by molar-refractivity contribution is 5.74. The lowest BCUT2D eigenvalue weighted by molar-refractivity contribution is 0.0679. The van der Waals surface area contributed by atoms with Gasteiger partial charge >= 0.3 is 6.03 Å². The van der Waals surface area contributed by atoms with Crippen LogP contribution in [0.3, 0.4) is 0 Å². The minimum atomic E-state index is -0.282. The van der Waals surface area contributed by atoms with Crippen LogP contribution < -0.4 is 10.1 Å². The van der Waals surface area contributed by atoms with Crippen LogP contribution in [0.1, 0.15) is 43.9 Å². The van der Waals surface area contributed by atoms with E-state index < -0.39 is 0 Å². The van der Waals surface area contributed by atoms with E-state index in [1.165, 1.54) is 12.1 Å². The molecular formula is C23H29FN2O3. The van der Waals surface area contributed by atoms with Crippen LogP contribution in [-0.2, 0) is 11.3 Å². The van der Waals surface area contributed by atoms with Crippen molar-refractivity contribution in [1.82, 2.24) is 10.2 Å². The van der Waals surface area contributed by atoms with Crippen molar-refractivity contribution in [2.24, 2.45) is 0 Å². The van der Waals surface area contributed by atoms with Gasteiger partial charge in [0.05, 0.1) is 12.1 Å². The minimum absolute atomic E-state index is 0.151. The van der Waals surface area contributed by atoms with Crippen molar-refractivity contribution in [2.75, 3.05) is 19.8 Å². The average Bonchev–Trinajstić information content (AvgIpc) is 3.26. The lowest BCUT2D eigenvalue weighted by atomic mass is 10.1. The van der Waals surface area contributed by atoms with Gasteiger partial charge in [0.1, 0.15) is 18.2 Å². The van der Waals surface area contributed by atoms with Gasteiger partial charge in [-0.2, -0.15) is 0 Å². The van der Waals surface area contributed by atoms with Crippen molar-refractivity contribution in [3.8, 4) is 5.75 Å². The van der Waals surface area contributed by atoms with E-state index in [4.69, 9.17) is 9.47 Å². The summed E-state index contributed by atoms with van der Waals surface area (Å²) in [6.07, 6.45) is 2.29. The first-order chi connectivity index (χ1) is 14.1. The Balaban J connectivity index is 1.54. The van der Waals surface area contributed by atoms with Gasteiger partial charge in [-0.25, -0.2) is 9.18 Å². The maximum Gasteiger partial charge on any atom is 0.318 e. The Bertz CT molecular complexity index is 791. The molecule has 2 amide bonds. The number of rotatable bonds is 8. The van der Waals surface area contributed by atoms with Gasteiger partial charge in [0.25, 0.3) is 0 Å². The molecule has 0 aliphatic carbocycles. The van der Waals surface area contributed by atoms with E-state index in [1.54, 1.807) is 17.0 Å². The standard InChI is InChI=1S/C23H29FN2O3/c1-3-26(17(2)19-9-11-20(24)12-10-19)23(27)25-15-18-6-4-7-21(14-18)29-16-22-8-5-13-28-22/h4,6-7,9-12,14,17,22H,3,5,8,13,15-16H2,1-2H3,(H,25,27)/t17-,22-/m1/s1. The molecule has 1 fully saturated rings. The molecule has 0 aromatic heterocycles. The number of urea groups is 1. The Kier molecular flexibility index (Phi) is 7.47. The monoisotopic (exact) mass is 400 g/mol. The second-order valence-corrected chi connectivity index (χ2v) is 7.27. The highest BCUT2D eigenvalue weighted by atomic mass is 19.1. The van der Waals surface area contributed by atoms with Gasteiger partial charge in [0, 0.05) is 19.7 Å². The molecule has 0 spiro atoms. The molecule has 2 aromatic carbocycles. The van der Waals surface area contributed by atoms with Gasteiger partial charge in [-0.05, 0) is 62.1 Å². The van der Waals surface area contributed by atoms with Gasteiger partial charge < -0.3 is 19.7 Å². The first kappa shape index (κ1) is 21.1. The van der Waals surface area contributed by atoms with E-state index in [0.717, 1.165) is 36.3 Å². The van der Waals surface area contributed by atoms with Gasteiger partial charge in [-0.15, -0.1) is 0 Å². The van der Waals surface area contributed by atoms with Gasteiger partial charge in [-0.1, -0.05) is 24.3 Å². The molecule has 1 heterocycles. The third-order valence-corrected chi connectivity index (χ3v) is 5.22. The summed E-state index contributed by atoms with van der Waals surface area (Å²) in [6.45, 7) is 6.19. The maximum absolute atomic E-state index is 13.2. The Hall–Kier alpha value is -2.60. The molecule has 156 valence electrons. The number of nitrogens with one attached hydrogen (secondary N) is 1. The number of nitrogens with zero attached hydrogens (tertiary/aromatic N) is 1. The fourth-order valence-corrected chi connectivity index (χ4v) is 3.50. The summed E-state index contributed by atoms with van der Waals surface area (Å²) in [6, 6.07) is 13.7. The van der Waals surface area contributed by atoms with Crippen molar-refractivity contribution >= 4 is 6.03 Å². The summed E-state index contributed by atoms with van der Waals surface area (Å²) in [5.74, 6) is 0.495. The van der Waals surface area contributed by atoms with Crippen LogP contribution in [0.2, 0.25) is 0 Å². The lowest BCUT2D eigenvalue weighted by Gasteiger charge is -2.28. The summed E-state index contributed by atoms with van der Waals surface area (Å²) in [7, 11) is 0. The molecule has 1 N–H and O–H groups in total. The zero-order valence-electron chi connectivity index (χ0n) is 17.1. The van der Waals surface area contributed by atoms with Gasteiger partial charge in [0.2, 0.25) is 0 Å². The van der Waals surface area contributed by atoms with Crippen molar-refractivity contribution in [1.29, 1.82) is 0 Å². The number of halogens is 1. The molecule has 0 saturated carbocycles. The molecule has 2 atom stereocenters. The number of hydrogen-bond acceptors (Lipinski definition) is 3. The van der Waals surface area contributed by atoms with Crippen molar-refractivity contribution in [2.45, 2.75) is 45.4 Å². The summed E-state index contributed by atoms with van der Waals surface area (Å²) >= 11 is 0. The van der Waals surface area contributed by atoms with E-state index in [-0.39, 0.29) is 24.0 Å². The molecule has 6 heteroatoms. The molecule has 1 saturated heterocycles. The fourth-order valence-electron chi connectivity index (χ4n) is 3.50. The van der Waals surface area contributed by atoms with E-state index in [1.807, 2.05) is 38.1 Å². The van der Waals surface area contributed by atoms with E-state index in [0.29, 0.717) is 19.7 Å². The largest absolute Gasteiger partial charge is 0.491 e. The molecule has 0 radical (unpaired) electrons. The zero-order chi connectivity index (χ0) is 20.6. The summed E-state index contributed by atoms with van der Waals surface area (Å²) in [4.78, 5) is 14.4. The molecule has 29 heavy (non-hydrogen) atoms. The van der Waals surface area contributed by atoms with E-state index in [9.17, 15) is 9.18 Å². The first-order valence-electron chi connectivity index (χ1n) is 10.2. The smallest absolute Gasteiger partial charge is 0.318 e. The maximum atomic E-state index is 13.2. The van der Waals surface area contributed by atoms with E-state index in [2.05, 4.69) is 5.32 Å². The highest BCUT2D eigenvalue weighted by Gasteiger charge is 2.20. The van der Waals surface area contributed by atoms with Crippen LogP contribution in [0.25, 0.3) is 0 Å². The highest BCUT2D eigenvalue weighted by Crippen LogP contribution is 2.21. The Labute approximate surface area is 171 Å². The number of hydrogen-bond donors (Lipinski definition) is 1. The average molecular weight is 400 g/mol. The summed E-state index contributed by atoms with van der Waals surface area (Å²) in [5.41, 5.74) is 1.86. The normalized spacial score (nSPS) is 17.0. The SMILES string of the molecule is CCN(C(=O)NCc1cccc(OC[C@H]2CCCO2)c1)[C@H](C)c1ccc(F)cc1. The number of benzene rings is 2. The van der Waals surface area contributed by atoms with Crippen molar-refractivity contribution in [3.05, 3.63) is 65.5 Å². The third kappa shape index (κ3) is 5.94. The fraction of sp³-hybridized carbons (Fsp3) is 0.435. The van der Waals surface area contributed by atoms with Crippen molar-refractivity contribution in [3.63, 3.8) is 0 Å². The quantitative estimate of drug-likeness (QED) is 0.700. The van der Waals surface area contributed by atoms with Crippen LogP contribution in [0, 0.1) is 5.82 Å². The summed E-state index contributed by atoms with van der Waals surface area (Å²) in [5, 5.41) is 2.97. The second-order valence-electron chi connectivity index (χ2n) is 7.27. The number of ether oxygens (including phenoxy) is 2. The molecule has 3 rings (SSSR count). The topological polar surface area (TPSA) is 50.8 Å². The molecule has 1 aliphatic rings. The lowest BCUT2D eigenvalue weighted by Crippen LogP contribution is -2.41. The molecule has 2 aromatic rings. The van der Waals surface area contributed by atoms with Crippen LogP contribution in [-0.4, -0.2) is 36.8 Å². The van der Waals surface area contributed by atoms with Crippen molar-refractivity contribution < 1.29 is 18.7 Å². The number of carbonyl (C=O) groups is 1. The Morgan fingerprint density at radius 3 is 2.79 bits per heavy atom. The zero-order valence-corrected chi connectivity index (χ0v) is 17.1. The van der Waals surface area contributed by atoms with Crippen LogP contribution in [0.4, 0.5) is 9.18 Å². The number of carbonyl (C=O) groups excluding carboxylic acids is 1. The van der Waals surface area contributed by atoms with Gasteiger partial charge in [-0.3, -0.25) is 0 Å². The third-order valence-electron chi connectivity index (χ3n) is 5.22. The molecule has 5 nitrogen and oxygen atoms in total. The molecule has 0 bridgehead atoms. The summed E-state index contributed by atoms with van der Waals surface area (Å²) < 4.78 is 24.6. The molecule has 1 aliphatic heterocycles. The number of amides is 2. The van der Waals surface area contributed by atoms with Gasteiger partial charge in [0.15, 0.2) is 0 Å². The first-order valence-corrected chi connectivity index (χ1v) is 10.2. The van der Waals surface area contributed by atoms with Crippen LogP contribution in [0.5, 0.6) is 5.75 Å². The van der Waals surface area contributed by atoms with Crippen LogP contribution in [0.15, 0.2) is 48.5 Å². The molecule has 0 unspecified atom stereocenters. The van der Waals surface area contributed by atoms with E-state index >= 15 is 0 Å². The predicted molar refractivity (Wildman–Crippen MR) is 110 cm³/mol. The second kappa shape index (κ2) is 10.3. The molecular weight excluding hydrogens is 371 g/mol. The predicted octanol–water partition coefficient (Wildman–Crippen LogP) is 4.68. The van der Waals surface area contributed by atoms with Crippen LogP contribution >= 0.6 is 0 Å². The Morgan fingerprint density at radius 2 is 2.10 bits per heavy atom. The Morgan fingerprint density at radius 1 is 1.31 bits per heavy atom.